The molecule has 0 fully saturated rings. The van der Waals surface area contributed by atoms with E-state index in [2.05, 4.69) is 29.2 Å². The molecule has 1 aliphatic carbocycles. The number of nitrogens with zero attached hydrogens (tertiary/aromatic N) is 1. The van der Waals surface area contributed by atoms with Crippen LogP contribution in [0, 0.1) is 5.92 Å². The Bertz CT molecular complexity index is 1260. The van der Waals surface area contributed by atoms with Crippen LogP contribution >= 0.6 is 0 Å². The van der Waals surface area contributed by atoms with E-state index < -0.39 is 5.97 Å². The van der Waals surface area contributed by atoms with E-state index >= 15 is 0 Å². The smallest absolute Gasteiger partial charge is 0.352 e. The fourth-order valence-electron chi connectivity index (χ4n) is 4.37. The normalized spacial score (nSPS) is 14.7. The number of benzene rings is 3. The van der Waals surface area contributed by atoms with Crippen LogP contribution in [0.1, 0.15) is 31.2 Å². The van der Waals surface area contributed by atoms with Crippen LogP contribution in [0.4, 0.5) is 0 Å². The first-order valence-electron chi connectivity index (χ1n) is 11.4. The molecule has 3 aromatic carbocycles. The van der Waals surface area contributed by atoms with E-state index in [1.807, 2.05) is 60.7 Å². The predicted molar refractivity (Wildman–Crippen MR) is 136 cm³/mol. The Hall–Kier alpha value is -3.12. The summed E-state index contributed by atoms with van der Waals surface area (Å²) in [5.41, 5.74) is 5.11. The molecular weight excluding hydrogens is 449 g/mol. The van der Waals surface area contributed by atoms with Crippen molar-refractivity contribution >= 4 is 41.1 Å². The summed E-state index contributed by atoms with van der Waals surface area (Å²) in [6, 6.07) is 27.9. The third-order valence-electron chi connectivity index (χ3n) is 5.91. The number of oxazole rings is 1. The number of allylic oxidation sites excluding steroid dienone is 2. The summed E-state index contributed by atoms with van der Waals surface area (Å²) < 4.78 is 6.43. The van der Waals surface area contributed by atoms with Gasteiger partial charge in [-0.1, -0.05) is 78.9 Å². The van der Waals surface area contributed by atoms with E-state index in [9.17, 15) is 4.79 Å². The van der Waals surface area contributed by atoms with Gasteiger partial charge in [-0.25, -0.2) is 9.78 Å². The molecule has 0 spiro atoms. The third-order valence-corrected chi connectivity index (χ3v) is 5.91. The number of carbonyl (C=O) groups excluding carboxylic acids is 1. The van der Waals surface area contributed by atoms with Gasteiger partial charge in [0.15, 0.2) is 11.5 Å². The first kappa shape index (κ1) is 25.0. The zero-order valence-electron chi connectivity index (χ0n) is 19.9. The van der Waals surface area contributed by atoms with Gasteiger partial charge in [-0.05, 0) is 42.9 Å². The standard InChI is InChI=1S/C29H25NO4.Na/c1-20(31)33-34-25-16-8-10-21(19-25)18-24-15-9-17-26(24)29-30-27(22-11-4-2-5-12-22)28(32-29)23-13-6-3-7-14-23;/h2-8,10-14,16-17,19,24H,9,15,18H2,1H3;/t24-;/m0./s1. The van der Waals surface area contributed by atoms with Gasteiger partial charge in [0.2, 0.25) is 5.89 Å². The zero-order valence-corrected chi connectivity index (χ0v) is 21.9. The number of hydrogen-bond acceptors (Lipinski definition) is 5. The molecule has 171 valence electrons. The third kappa shape index (κ3) is 5.93. The Kier molecular flexibility index (Phi) is 8.24. The molecule has 0 saturated heterocycles. The van der Waals surface area contributed by atoms with Gasteiger partial charge in [0.1, 0.15) is 5.69 Å². The maximum absolute atomic E-state index is 11.0. The molecule has 0 saturated carbocycles. The summed E-state index contributed by atoms with van der Waals surface area (Å²) in [4.78, 5) is 25.8. The fourth-order valence-corrected chi connectivity index (χ4v) is 4.37. The molecule has 1 radical (unpaired) electrons. The molecule has 1 aromatic heterocycles. The number of hydrogen-bond donors (Lipinski definition) is 0. The van der Waals surface area contributed by atoms with Gasteiger partial charge in [0, 0.05) is 53.2 Å². The summed E-state index contributed by atoms with van der Waals surface area (Å²) in [6.45, 7) is 1.31. The molecule has 1 atom stereocenters. The maximum Gasteiger partial charge on any atom is 0.352 e. The molecule has 0 aliphatic heterocycles. The van der Waals surface area contributed by atoms with Crippen molar-refractivity contribution in [2.24, 2.45) is 5.92 Å². The summed E-state index contributed by atoms with van der Waals surface area (Å²) in [5, 5.41) is 0. The number of aromatic nitrogens is 1. The van der Waals surface area contributed by atoms with Crippen molar-refractivity contribution in [2.45, 2.75) is 26.2 Å². The van der Waals surface area contributed by atoms with Gasteiger partial charge in [-0.15, -0.1) is 0 Å². The topological polar surface area (TPSA) is 61.6 Å². The second kappa shape index (κ2) is 11.5. The van der Waals surface area contributed by atoms with Crippen LogP contribution in [-0.2, 0) is 16.1 Å². The van der Waals surface area contributed by atoms with Gasteiger partial charge >= 0.3 is 5.97 Å². The van der Waals surface area contributed by atoms with Crippen molar-refractivity contribution in [2.75, 3.05) is 0 Å². The Balaban J connectivity index is 0.00000289. The molecule has 0 N–H and O–H groups in total. The molecular formula is C29H25NNaO4. The molecule has 4 aromatic rings. The van der Waals surface area contributed by atoms with Crippen LogP contribution < -0.4 is 4.89 Å². The van der Waals surface area contributed by atoms with Crippen LogP contribution in [0.2, 0.25) is 0 Å². The van der Waals surface area contributed by atoms with Gasteiger partial charge in [0.25, 0.3) is 0 Å². The Morgan fingerprint density at radius 3 is 2.40 bits per heavy atom. The van der Waals surface area contributed by atoms with Gasteiger partial charge in [-0.2, -0.15) is 0 Å². The Morgan fingerprint density at radius 1 is 0.971 bits per heavy atom. The number of rotatable bonds is 7. The van der Waals surface area contributed by atoms with Crippen molar-refractivity contribution in [1.29, 1.82) is 0 Å². The van der Waals surface area contributed by atoms with E-state index in [1.165, 1.54) is 6.92 Å². The molecule has 1 aliphatic rings. The molecule has 5 nitrogen and oxygen atoms in total. The molecule has 0 amide bonds. The van der Waals surface area contributed by atoms with Crippen LogP contribution in [-0.4, -0.2) is 40.5 Å². The van der Waals surface area contributed by atoms with Crippen molar-refractivity contribution in [3.8, 4) is 28.3 Å². The summed E-state index contributed by atoms with van der Waals surface area (Å²) in [7, 11) is 0. The minimum atomic E-state index is -0.487. The first-order valence-corrected chi connectivity index (χ1v) is 11.4. The molecule has 0 bridgehead atoms. The van der Waals surface area contributed by atoms with Gasteiger partial charge in [0.05, 0.1) is 0 Å². The van der Waals surface area contributed by atoms with Gasteiger partial charge in [-0.3, -0.25) is 9.78 Å². The number of carbonyl (C=O) groups is 1. The summed E-state index contributed by atoms with van der Waals surface area (Å²) >= 11 is 0. The fraction of sp³-hybridized carbons (Fsp3) is 0.172. The van der Waals surface area contributed by atoms with Crippen LogP contribution in [0.25, 0.3) is 28.2 Å². The molecule has 35 heavy (non-hydrogen) atoms. The largest absolute Gasteiger partial charge is 0.436 e. The van der Waals surface area contributed by atoms with Crippen molar-refractivity contribution in [1.82, 2.24) is 4.98 Å². The van der Waals surface area contributed by atoms with E-state index in [0.717, 1.165) is 53.0 Å². The Labute approximate surface area is 227 Å². The Morgan fingerprint density at radius 2 is 1.69 bits per heavy atom. The van der Waals surface area contributed by atoms with Crippen LogP contribution in [0.3, 0.4) is 0 Å². The van der Waals surface area contributed by atoms with Crippen LogP contribution in [0.15, 0.2) is 95.4 Å². The first-order chi connectivity index (χ1) is 16.7. The molecule has 0 unspecified atom stereocenters. The van der Waals surface area contributed by atoms with E-state index in [1.54, 1.807) is 6.07 Å². The zero-order chi connectivity index (χ0) is 23.3. The minimum Gasteiger partial charge on any atom is -0.436 e. The molecule has 6 heteroatoms. The minimum absolute atomic E-state index is 0. The van der Waals surface area contributed by atoms with E-state index in [4.69, 9.17) is 14.3 Å². The SMILES string of the molecule is CC(=O)OOc1cccc(C[C@@H]2CCC=C2c2nc(-c3ccccc3)c(-c3ccccc3)o2)c1.[Na]. The van der Waals surface area contributed by atoms with E-state index in [0.29, 0.717) is 11.6 Å². The molecule has 5 rings (SSSR count). The average Bonchev–Trinajstić information content (AvgIpc) is 3.51. The van der Waals surface area contributed by atoms with Gasteiger partial charge < -0.3 is 4.42 Å². The monoisotopic (exact) mass is 474 g/mol. The van der Waals surface area contributed by atoms with Crippen molar-refractivity contribution < 1.29 is 19.0 Å². The summed E-state index contributed by atoms with van der Waals surface area (Å²) in [5.74, 6) is 1.75. The average molecular weight is 475 g/mol. The van der Waals surface area contributed by atoms with Crippen molar-refractivity contribution in [3.63, 3.8) is 0 Å². The second-order valence-corrected chi connectivity index (χ2v) is 8.37. The quantitative estimate of drug-likeness (QED) is 0.173. The van der Waals surface area contributed by atoms with Crippen LogP contribution in [0.5, 0.6) is 5.75 Å². The summed E-state index contributed by atoms with van der Waals surface area (Å²) in [6.07, 6.45) is 5.05. The predicted octanol–water partition coefficient (Wildman–Crippen LogP) is 6.52. The maximum atomic E-state index is 11.0. The van der Waals surface area contributed by atoms with Crippen molar-refractivity contribution in [3.05, 3.63) is 102 Å². The van der Waals surface area contributed by atoms with E-state index in [-0.39, 0.29) is 35.5 Å². The molecule has 1 heterocycles. The second-order valence-electron chi connectivity index (χ2n) is 8.37.